The van der Waals surface area contributed by atoms with Crippen LogP contribution in [0.3, 0.4) is 0 Å². The number of carbonyl (C=O) groups is 3. The molecule has 4 rings (SSSR count). The van der Waals surface area contributed by atoms with Gasteiger partial charge in [-0.3, -0.25) is 14.5 Å². The predicted molar refractivity (Wildman–Crippen MR) is 132 cm³/mol. The van der Waals surface area contributed by atoms with E-state index in [0.717, 1.165) is 16.9 Å². The van der Waals surface area contributed by atoms with E-state index in [2.05, 4.69) is 4.98 Å². The molecule has 2 heterocycles. The van der Waals surface area contributed by atoms with Crippen molar-refractivity contribution in [1.82, 2.24) is 4.98 Å². The number of aliphatic hydroxyl groups is 1. The number of Topliss-reactive ketones (excluding diaryl/α,β-unsaturated/α-hetero) is 1. The number of aromatic nitrogens is 1. The van der Waals surface area contributed by atoms with Gasteiger partial charge in [-0.05, 0) is 50.1 Å². The van der Waals surface area contributed by atoms with E-state index < -0.39 is 23.7 Å². The Morgan fingerprint density at radius 1 is 1.14 bits per heavy atom. The van der Waals surface area contributed by atoms with Crippen molar-refractivity contribution in [3.8, 4) is 5.75 Å². The molecule has 0 unspecified atom stereocenters. The number of ether oxygens (including phenoxy) is 2. The van der Waals surface area contributed by atoms with Gasteiger partial charge in [0.05, 0.1) is 31.0 Å². The molecule has 1 fully saturated rings. The zero-order valence-corrected chi connectivity index (χ0v) is 20.5. The molecule has 9 heteroatoms. The van der Waals surface area contributed by atoms with E-state index in [1.165, 1.54) is 4.90 Å². The van der Waals surface area contributed by atoms with Crippen LogP contribution < -0.4 is 9.64 Å². The summed E-state index contributed by atoms with van der Waals surface area (Å²) in [7, 11) is 1.55. The quantitative estimate of drug-likeness (QED) is 0.232. The van der Waals surface area contributed by atoms with Crippen LogP contribution in [-0.2, 0) is 14.3 Å². The second kappa shape index (κ2) is 9.71. The van der Waals surface area contributed by atoms with E-state index in [4.69, 9.17) is 9.47 Å². The first-order valence-electron chi connectivity index (χ1n) is 10.9. The minimum Gasteiger partial charge on any atom is -0.507 e. The number of ketones is 1. The number of esters is 1. The highest BCUT2D eigenvalue weighted by Gasteiger charge is 2.48. The number of rotatable bonds is 6. The maximum atomic E-state index is 13.3. The number of nitrogens with zero attached hydrogens (tertiary/aromatic N) is 2. The van der Waals surface area contributed by atoms with Gasteiger partial charge >= 0.3 is 11.9 Å². The third-order valence-corrected chi connectivity index (χ3v) is 6.82. The van der Waals surface area contributed by atoms with Crippen LogP contribution in [0.25, 0.3) is 5.76 Å². The molecule has 8 nitrogen and oxygen atoms in total. The van der Waals surface area contributed by atoms with Crippen LogP contribution in [-0.4, -0.2) is 41.5 Å². The highest BCUT2D eigenvalue weighted by Crippen LogP contribution is 2.44. The molecule has 0 spiro atoms. The molecule has 1 atom stereocenters. The Hall–Kier alpha value is -3.98. The summed E-state index contributed by atoms with van der Waals surface area (Å²) in [6, 6.07) is 13.0. The maximum absolute atomic E-state index is 13.3. The number of hydrogen-bond acceptors (Lipinski definition) is 8. The van der Waals surface area contributed by atoms with Gasteiger partial charge in [0.1, 0.15) is 16.4 Å². The van der Waals surface area contributed by atoms with Crippen LogP contribution >= 0.6 is 11.3 Å². The van der Waals surface area contributed by atoms with Crippen LogP contribution in [0.2, 0.25) is 0 Å². The molecule has 0 radical (unpaired) electrons. The molecule has 0 aliphatic carbocycles. The van der Waals surface area contributed by atoms with Crippen molar-refractivity contribution in [2.24, 2.45) is 0 Å². The zero-order valence-electron chi connectivity index (χ0n) is 19.7. The van der Waals surface area contributed by atoms with E-state index in [1.807, 2.05) is 13.0 Å². The number of hydrogen-bond donors (Lipinski definition) is 1. The summed E-state index contributed by atoms with van der Waals surface area (Å²) in [5, 5.41) is 11.4. The Balaban J connectivity index is 1.89. The van der Waals surface area contributed by atoms with Crippen molar-refractivity contribution in [2.45, 2.75) is 26.8 Å². The Kier molecular flexibility index (Phi) is 6.70. The van der Waals surface area contributed by atoms with Gasteiger partial charge < -0.3 is 14.6 Å². The van der Waals surface area contributed by atoms with Gasteiger partial charge in [-0.2, -0.15) is 0 Å². The molecular formula is C26H24N2O6S. The van der Waals surface area contributed by atoms with Gasteiger partial charge in [0.15, 0.2) is 5.13 Å². The smallest absolute Gasteiger partial charge is 0.350 e. The molecule has 1 saturated heterocycles. The van der Waals surface area contributed by atoms with E-state index in [1.54, 1.807) is 63.4 Å². The third-order valence-electron chi connectivity index (χ3n) is 5.68. The lowest BCUT2D eigenvalue weighted by atomic mass is 9.95. The Bertz CT molecular complexity index is 1350. The van der Waals surface area contributed by atoms with Gasteiger partial charge in [-0.1, -0.05) is 41.7 Å². The van der Waals surface area contributed by atoms with Gasteiger partial charge in [0, 0.05) is 5.56 Å². The number of anilines is 1. The average Bonchev–Trinajstić information content (AvgIpc) is 3.36. The second-order valence-electron chi connectivity index (χ2n) is 7.90. The summed E-state index contributed by atoms with van der Waals surface area (Å²) in [4.78, 5) is 44.8. The number of aliphatic hydroxyl groups excluding tert-OH is 1. The summed E-state index contributed by atoms with van der Waals surface area (Å²) < 4.78 is 10.4. The fraction of sp³-hybridized carbons (Fsp3) is 0.231. The number of benzene rings is 2. The maximum Gasteiger partial charge on any atom is 0.350 e. The second-order valence-corrected chi connectivity index (χ2v) is 8.87. The number of amides is 1. The van der Waals surface area contributed by atoms with Crippen LogP contribution in [0.5, 0.6) is 5.75 Å². The minimum atomic E-state index is -0.931. The normalized spacial score (nSPS) is 17.0. The monoisotopic (exact) mass is 492 g/mol. The lowest BCUT2D eigenvalue weighted by Crippen LogP contribution is -2.29. The van der Waals surface area contributed by atoms with Gasteiger partial charge in [0.25, 0.3) is 5.78 Å². The standard InChI is InChI=1S/C26H24N2O6S/c1-5-34-25(32)23-15(3)27-26(35-23)28-20(16-9-7-6-8-10-16)19(22(30)24(28)31)21(29)17-11-12-18(33-4)14(2)13-17/h6-13,20,29H,5H2,1-4H3/b21-19+/t20-/m1/s1. The first kappa shape index (κ1) is 24.2. The summed E-state index contributed by atoms with van der Waals surface area (Å²) >= 11 is 0.972. The number of methoxy groups -OCH3 is 1. The number of carbonyl (C=O) groups excluding carboxylic acids is 3. The molecule has 1 aliphatic heterocycles. The molecule has 0 bridgehead atoms. The minimum absolute atomic E-state index is 0.0590. The molecule has 3 aromatic rings. The van der Waals surface area contributed by atoms with Crippen LogP contribution in [0.1, 0.15) is 45.0 Å². The van der Waals surface area contributed by atoms with Crippen LogP contribution in [0.4, 0.5) is 5.13 Å². The van der Waals surface area contributed by atoms with Gasteiger partial charge in [-0.25, -0.2) is 9.78 Å². The summed E-state index contributed by atoms with van der Waals surface area (Å²) in [6.45, 7) is 5.35. The van der Waals surface area contributed by atoms with Crippen molar-refractivity contribution in [1.29, 1.82) is 0 Å². The van der Waals surface area contributed by atoms with Crippen molar-refractivity contribution in [3.63, 3.8) is 0 Å². The Labute approximate surface area is 206 Å². The lowest BCUT2D eigenvalue weighted by Gasteiger charge is -2.23. The molecule has 1 aliphatic rings. The largest absolute Gasteiger partial charge is 0.507 e. The summed E-state index contributed by atoms with van der Waals surface area (Å²) in [6.07, 6.45) is 0. The third kappa shape index (κ3) is 4.30. The number of aryl methyl sites for hydroxylation is 2. The summed E-state index contributed by atoms with van der Waals surface area (Å²) in [5.41, 5.74) is 2.09. The van der Waals surface area contributed by atoms with Crippen molar-refractivity contribution < 1.29 is 29.0 Å². The van der Waals surface area contributed by atoms with E-state index >= 15 is 0 Å². The topological polar surface area (TPSA) is 106 Å². The zero-order chi connectivity index (χ0) is 25.3. The highest BCUT2D eigenvalue weighted by atomic mass is 32.1. The van der Waals surface area contributed by atoms with E-state index in [9.17, 15) is 19.5 Å². The van der Waals surface area contributed by atoms with E-state index in [-0.39, 0.29) is 27.9 Å². The molecular weight excluding hydrogens is 468 g/mol. The van der Waals surface area contributed by atoms with Crippen molar-refractivity contribution in [3.05, 3.63) is 81.4 Å². The molecule has 1 N–H and O–H groups in total. The van der Waals surface area contributed by atoms with Crippen molar-refractivity contribution >= 4 is 39.9 Å². The summed E-state index contributed by atoms with van der Waals surface area (Å²) in [5.74, 6) is -1.89. The fourth-order valence-electron chi connectivity index (χ4n) is 4.03. The first-order valence-corrected chi connectivity index (χ1v) is 11.8. The van der Waals surface area contributed by atoms with Gasteiger partial charge in [0.2, 0.25) is 0 Å². The highest BCUT2D eigenvalue weighted by molar-refractivity contribution is 7.17. The predicted octanol–water partition coefficient (Wildman–Crippen LogP) is 4.57. The molecule has 1 amide bonds. The SMILES string of the molecule is CCOC(=O)c1sc(N2C(=O)C(=O)/C(=C(/O)c3ccc(OC)c(C)c3)[C@H]2c2ccccc2)nc1C. The Morgan fingerprint density at radius 3 is 2.49 bits per heavy atom. The van der Waals surface area contributed by atoms with Crippen LogP contribution in [0.15, 0.2) is 54.1 Å². The number of thiazole rings is 1. The molecule has 2 aromatic carbocycles. The van der Waals surface area contributed by atoms with Gasteiger partial charge in [-0.15, -0.1) is 0 Å². The first-order chi connectivity index (χ1) is 16.8. The van der Waals surface area contributed by atoms with Crippen molar-refractivity contribution in [2.75, 3.05) is 18.6 Å². The lowest BCUT2D eigenvalue weighted by molar-refractivity contribution is -0.132. The fourth-order valence-corrected chi connectivity index (χ4v) is 5.02. The molecule has 35 heavy (non-hydrogen) atoms. The molecule has 0 saturated carbocycles. The van der Waals surface area contributed by atoms with Crippen LogP contribution in [0, 0.1) is 13.8 Å². The van der Waals surface area contributed by atoms with E-state index in [0.29, 0.717) is 22.6 Å². The average molecular weight is 493 g/mol. The Morgan fingerprint density at radius 2 is 1.86 bits per heavy atom. The molecule has 180 valence electrons. The molecule has 1 aromatic heterocycles.